The molecule has 4 fully saturated rings. The summed E-state index contributed by atoms with van der Waals surface area (Å²) in [5.41, 5.74) is -1.14. The molecule has 0 radical (unpaired) electrons. The van der Waals surface area contributed by atoms with Gasteiger partial charge in [0, 0.05) is 25.0 Å². The summed E-state index contributed by atoms with van der Waals surface area (Å²) >= 11 is 0. The molecule has 5 N–H and O–H groups in total. The van der Waals surface area contributed by atoms with Gasteiger partial charge in [-0.2, -0.15) is 13.2 Å². The summed E-state index contributed by atoms with van der Waals surface area (Å²) in [5, 5.41) is 21.9. The van der Waals surface area contributed by atoms with Gasteiger partial charge in [0.2, 0.25) is 11.8 Å². The van der Waals surface area contributed by atoms with Crippen molar-refractivity contribution in [1.82, 2.24) is 36.1 Å². The molecule has 4 amide bonds. The molecule has 2 heterocycles. The zero-order valence-electron chi connectivity index (χ0n) is 30.8. The molecule has 8 atom stereocenters. The summed E-state index contributed by atoms with van der Waals surface area (Å²) in [5.74, 6) is -3.20. The molecule has 1 saturated heterocycles. The summed E-state index contributed by atoms with van der Waals surface area (Å²) in [7, 11) is 0. The van der Waals surface area contributed by atoms with E-state index in [2.05, 4.69) is 31.2 Å². The van der Waals surface area contributed by atoms with Gasteiger partial charge in [-0.15, -0.1) is 0 Å². The highest BCUT2D eigenvalue weighted by Gasteiger charge is 2.55. The Morgan fingerprint density at radius 3 is 2.27 bits per heavy atom. The lowest BCUT2D eigenvalue weighted by Crippen LogP contribution is -2.67. The first-order chi connectivity index (χ1) is 24.6. The van der Waals surface area contributed by atoms with E-state index in [9.17, 15) is 24.3 Å². The van der Waals surface area contributed by atoms with E-state index in [0.717, 1.165) is 44.9 Å². The van der Waals surface area contributed by atoms with Gasteiger partial charge in [-0.1, -0.05) is 59.8 Å². The molecule has 0 bridgehead atoms. The van der Waals surface area contributed by atoms with Crippen LogP contribution in [0, 0.1) is 23.2 Å². The molecule has 1 aromatic heterocycles. The summed E-state index contributed by atoms with van der Waals surface area (Å²) in [6.07, 6.45) is 5.68. The lowest BCUT2D eigenvalue weighted by molar-refractivity contribution is -0.172. The third kappa shape index (κ3) is 9.61. The van der Waals surface area contributed by atoms with Crippen LogP contribution in [0.1, 0.15) is 115 Å². The minimum absolute atomic E-state index is 0.00676. The van der Waals surface area contributed by atoms with Crippen LogP contribution in [0.2, 0.25) is 0 Å². The molecular formula is C37H56F3N7O5. The van der Waals surface area contributed by atoms with Gasteiger partial charge in [0.15, 0.2) is 6.10 Å². The molecule has 1 aliphatic heterocycles. The van der Waals surface area contributed by atoms with E-state index in [1.807, 2.05) is 6.92 Å². The van der Waals surface area contributed by atoms with E-state index in [1.165, 1.54) is 23.5 Å². The quantitative estimate of drug-likeness (QED) is 0.193. The Hall–Kier alpha value is -3.33. The van der Waals surface area contributed by atoms with E-state index < -0.39 is 77.5 Å². The maximum Gasteiger partial charge on any atom is 0.405 e. The van der Waals surface area contributed by atoms with Crippen LogP contribution >= 0.6 is 0 Å². The summed E-state index contributed by atoms with van der Waals surface area (Å²) in [4.78, 5) is 64.2. The van der Waals surface area contributed by atoms with Crippen LogP contribution in [0.25, 0.3) is 0 Å². The van der Waals surface area contributed by atoms with Crippen LogP contribution in [0.15, 0.2) is 18.6 Å². The number of alkyl halides is 3. The number of carbonyl (C=O) groups is 4. The van der Waals surface area contributed by atoms with Gasteiger partial charge in [-0.05, 0) is 68.1 Å². The van der Waals surface area contributed by atoms with E-state index in [-0.39, 0.29) is 30.1 Å². The van der Waals surface area contributed by atoms with Gasteiger partial charge in [0.05, 0.1) is 24.3 Å². The van der Waals surface area contributed by atoms with Crippen LogP contribution in [-0.2, 0) is 14.4 Å². The van der Waals surface area contributed by atoms with Crippen molar-refractivity contribution in [3.05, 3.63) is 24.3 Å². The Bertz CT molecular complexity index is 1400. The molecule has 290 valence electrons. The van der Waals surface area contributed by atoms with Gasteiger partial charge in [0.25, 0.3) is 11.8 Å². The van der Waals surface area contributed by atoms with Crippen molar-refractivity contribution in [3.8, 4) is 0 Å². The second-order valence-electron chi connectivity index (χ2n) is 16.4. The minimum atomic E-state index is -4.86. The molecule has 1 aromatic rings. The molecule has 0 aromatic carbocycles. The van der Waals surface area contributed by atoms with Crippen molar-refractivity contribution in [2.75, 3.05) is 6.54 Å². The van der Waals surface area contributed by atoms with Crippen LogP contribution in [0.4, 0.5) is 13.2 Å². The first kappa shape index (κ1) is 39.9. The Kier molecular flexibility index (Phi) is 12.9. The molecule has 4 aliphatic rings. The lowest BCUT2D eigenvalue weighted by Gasteiger charge is -2.43. The molecule has 4 unspecified atom stereocenters. The van der Waals surface area contributed by atoms with Crippen LogP contribution in [-0.4, -0.2) is 98.7 Å². The highest BCUT2D eigenvalue weighted by atomic mass is 19.4. The predicted molar refractivity (Wildman–Crippen MR) is 186 cm³/mol. The third-order valence-corrected chi connectivity index (χ3v) is 11.4. The van der Waals surface area contributed by atoms with Crippen molar-refractivity contribution in [1.29, 1.82) is 0 Å². The Morgan fingerprint density at radius 1 is 0.962 bits per heavy atom. The molecule has 3 saturated carbocycles. The number of aromatic nitrogens is 2. The summed E-state index contributed by atoms with van der Waals surface area (Å²) < 4.78 is 45.9. The van der Waals surface area contributed by atoms with Gasteiger partial charge in [-0.3, -0.25) is 29.5 Å². The van der Waals surface area contributed by atoms with E-state index in [4.69, 9.17) is 0 Å². The number of halogens is 3. The normalized spacial score (nSPS) is 25.4. The molecule has 3 aliphatic carbocycles. The Labute approximate surface area is 304 Å². The number of aliphatic hydroxyl groups excluding tert-OH is 1. The standard InChI is InChI=1S/C37H56F3N7O5/c1-5-10-25(29(48)34(51)43-23-15-16-23)44-33(50)28-24-14-9-13-22(24)20-47(28)35(52)31(36(2,3)4)46-30(37(38,39)40)27(21-11-7-6-8-12-21)45-32(49)26-19-41-17-18-42-26/h17-19,21-25,27-31,46,48H,5-16,20H2,1-4H3,(H,43,51)(H,44,50)(H,45,49)/t22-,24-,25-,27?,28-,29?,30?,31?/m0/s1. The summed E-state index contributed by atoms with van der Waals surface area (Å²) in [6, 6.07) is -6.92. The number of rotatable bonds is 14. The first-order valence-corrected chi connectivity index (χ1v) is 19.1. The van der Waals surface area contributed by atoms with Crippen molar-refractivity contribution in [2.45, 2.75) is 153 Å². The SMILES string of the molecule is CCC[C@H](NC(=O)[C@@H]1[C@H]2CCC[C@H]2CN1C(=O)C(NC(C(NC(=O)c1cnccn1)C1CCCCC1)C(F)(F)F)C(C)(C)C)C(O)C(=O)NC1CC1. The highest BCUT2D eigenvalue weighted by molar-refractivity contribution is 5.93. The van der Waals surface area contributed by atoms with Crippen molar-refractivity contribution < 1.29 is 37.5 Å². The minimum Gasteiger partial charge on any atom is -0.381 e. The Balaban J connectivity index is 1.42. The fourth-order valence-electron chi connectivity index (χ4n) is 8.50. The molecule has 52 heavy (non-hydrogen) atoms. The topological polar surface area (TPSA) is 166 Å². The van der Waals surface area contributed by atoms with Crippen LogP contribution < -0.4 is 21.3 Å². The number of amides is 4. The van der Waals surface area contributed by atoms with E-state index in [1.54, 1.807) is 20.8 Å². The smallest absolute Gasteiger partial charge is 0.381 e. The number of aliphatic hydroxyl groups is 1. The Morgan fingerprint density at radius 2 is 1.67 bits per heavy atom. The maximum absolute atomic E-state index is 15.3. The van der Waals surface area contributed by atoms with Gasteiger partial charge in [-0.25, -0.2) is 4.98 Å². The molecule has 15 heteroatoms. The van der Waals surface area contributed by atoms with Crippen LogP contribution in [0.3, 0.4) is 0 Å². The zero-order valence-corrected chi connectivity index (χ0v) is 30.8. The number of hydrogen-bond donors (Lipinski definition) is 5. The fourth-order valence-corrected chi connectivity index (χ4v) is 8.50. The second-order valence-corrected chi connectivity index (χ2v) is 16.4. The van der Waals surface area contributed by atoms with E-state index in [0.29, 0.717) is 32.1 Å². The van der Waals surface area contributed by atoms with E-state index >= 15 is 13.2 Å². The highest BCUT2D eigenvalue weighted by Crippen LogP contribution is 2.44. The number of fused-ring (bicyclic) bond motifs is 1. The number of nitrogens with zero attached hydrogens (tertiary/aromatic N) is 3. The number of carbonyl (C=O) groups excluding carboxylic acids is 4. The first-order valence-electron chi connectivity index (χ1n) is 19.1. The molecule has 12 nitrogen and oxygen atoms in total. The lowest BCUT2D eigenvalue weighted by atomic mass is 9.79. The van der Waals surface area contributed by atoms with Crippen molar-refractivity contribution in [2.24, 2.45) is 23.2 Å². The monoisotopic (exact) mass is 735 g/mol. The second kappa shape index (κ2) is 16.8. The molecular weight excluding hydrogens is 679 g/mol. The number of nitrogens with one attached hydrogen (secondary N) is 4. The van der Waals surface area contributed by atoms with Crippen molar-refractivity contribution >= 4 is 23.6 Å². The zero-order chi connectivity index (χ0) is 37.8. The molecule has 0 spiro atoms. The fraction of sp³-hybridized carbons (Fsp3) is 0.784. The predicted octanol–water partition coefficient (Wildman–Crippen LogP) is 3.64. The van der Waals surface area contributed by atoms with Gasteiger partial charge in [0.1, 0.15) is 17.8 Å². The average molecular weight is 736 g/mol. The largest absolute Gasteiger partial charge is 0.405 e. The van der Waals surface area contributed by atoms with Gasteiger partial charge >= 0.3 is 6.18 Å². The molecule has 5 rings (SSSR count). The van der Waals surface area contributed by atoms with Crippen LogP contribution in [0.5, 0.6) is 0 Å². The average Bonchev–Trinajstić information content (AvgIpc) is 3.66. The third-order valence-electron chi connectivity index (χ3n) is 11.4. The van der Waals surface area contributed by atoms with Crippen molar-refractivity contribution in [3.63, 3.8) is 0 Å². The van der Waals surface area contributed by atoms with Gasteiger partial charge < -0.3 is 26.0 Å². The maximum atomic E-state index is 15.3. The summed E-state index contributed by atoms with van der Waals surface area (Å²) in [6.45, 7) is 7.13. The number of hydrogen-bond acceptors (Lipinski definition) is 8. The number of likely N-dealkylation sites (tertiary alicyclic amines) is 1.